The topological polar surface area (TPSA) is 24.1 Å². The minimum absolute atomic E-state index is 0.506. The Bertz CT molecular complexity index is 128. The second-order valence-electron chi connectivity index (χ2n) is 2.56. The van der Waals surface area contributed by atoms with Gasteiger partial charge in [0.2, 0.25) is 0 Å². The zero-order valence-corrected chi connectivity index (χ0v) is 9.65. The van der Waals surface area contributed by atoms with E-state index in [1.165, 1.54) is 0 Å². The maximum atomic E-state index is 5.08. The lowest BCUT2D eigenvalue weighted by Gasteiger charge is -2.17. The van der Waals surface area contributed by atoms with Crippen LogP contribution in [0.1, 0.15) is 20.3 Å². The lowest BCUT2D eigenvalue weighted by atomic mass is 10.3. The Hall–Kier alpha value is 0.0400. The van der Waals surface area contributed by atoms with Crippen LogP contribution in [0.15, 0.2) is 0 Å². The van der Waals surface area contributed by atoms with Crippen LogP contribution in [0.25, 0.3) is 0 Å². The lowest BCUT2D eigenvalue weighted by molar-refractivity contribution is 0.643. The molecule has 0 aromatic rings. The molecule has 0 rings (SSSR count). The Morgan fingerprint density at radius 2 is 2.17 bits per heavy atom. The van der Waals surface area contributed by atoms with Gasteiger partial charge in [-0.3, -0.25) is 0 Å². The van der Waals surface area contributed by atoms with Crippen LogP contribution < -0.4 is 10.6 Å². The van der Waals surface area contributed by atoms with Crippen molar-refractivity contribution in [3.8, 4) is 0 Å². The van der Waals surface area contributed by atoms with Gasteiger partial charge in [-0.15, -0.1) is 0 Å². The first-order valence-corrected chi connectivity index (χ1v) is 6.08. The van der Waals surface area contributed by atoms with E-state index in [1.54, 1.807) is 0 Å². The van der Waals surface area contributed by atoms with E-state index < -0.39 is 0 Å². The number of nitrogens with one attached hydrogen (secondary N) is 2. The summed E-state index contributed by atoms with van der Waals surface area (Å²) in [6.07, 6.45) is 3.23. The third-order valence-electron chi connectivity index (χ3n) is 1.53. The van der Waals surface area contributed by atoms with Gasteiger partial charge in [0, 0.05) is 18.3 Å². The molecule has 1 unspecified atom stereocenters. The van der Waals surface area contributed by atoms with Gasteiger partial charge in [0.1, 0.15) is 0 Å². The van der Waals surface area contributed by atoms with Crippen LogP contribution in [0.2, 0.25) is 0 Å². The summed E-state index contributed by atoms with van der Waals surface area (Å²) in [7, 11) is 0. The highest BCUT2D eigenvalue weighted by Gasteiger charge is 2.05. The van der Waals surface area contributed by atoms with Gasteiger partial charge in [-0.2, -0.15) is 11.8 Å². The number of thiocarbonyl (C=S) groups is 1. The molecular formula is C8H18N2S2. The highest BCUT2D eigenvalue weighted by molar-refractivity contribution is 7.98. The van der Waals surface area contributed by atoms with Gasteiger partial charge in [0.05, 0.1) is 0 Å². The van der Waals surface area contributed by atoms with Gasteiger partial charge in [-0.1, -0.05) is 6.92 Å². The molecular weight excluding hydrogens is 188 g/mol. The molecule has 0 amide bonds. The minimum Gasteiger partial charge on any atom is -0.363 e. The van der Waals surface area contributed by atoms with E-state index in [-0.39, 0.29) is 0 Å². The molecule has 72 valence electrons. The molecule has 2 N–H and O–H groups in total. The molecule has 0 radical (unpaired) electrons. The van der Waals surface area contributed by atoms with Crippen LogP contribution in [-0.4, -0.2) is 29.7 Å². The van der Waals surface area contributed by atoms with Gasteiger partial charge >= 0.3 is 0 Å². The zero-order chi connectivity index (χ0) is 9.40. The second kappa shape index (κ2) is 7.68. The first kappa shape index (κ1) is 12.0. The van der Waals surface area contributed by atoms with E-state index in [2.05, 4.69) is 23.8 Å². The van der Waals surface area contributed by atoms with Crippen LogP contribution in [0.3, 0.4) is 0 Å². The summed E-state index contributed by atoms with van der Waals surface area (Å²) in [6.45, 7) is 5.10. The van der Waals surface area contributed by atoms with Crippen molar-refractivity contribution in [2.24, 2.45) is 0 Å². The van der Waals surface area contributed by atoms with E-state index >= 15 is 0 Å². The molecule has 0 aliphatic heterocycles. The standard InChI is InChI=1S/C8H18N2S2/c1-4-7(6-12-3)10-8(11)9-5-2/h7H,4-6H2,1-3H3,(H2,9,10,11). The Labute approximate surface area is 84.9 Å². The van der Waals surface area contributed by atoms with E-state index in [9.17, 15) is 0 Å². The van der Waals surface area contributed by atoms with Crippen molar-refractivity contribution in [3.63, 3.8) is 0 Å². The van der Waals surface area contributed by atoms with Crippen molar-refractivity contribution in [2.45, 2.75) is 26.3 Å². The molecule has 12 heavy (non-hydrogen) atoms. The van der Waals surface area contributed by atoms with Gasteiger partial charge in [-0.25, -0.2) is 0 Å². The van der Waals surface area contributed by atoms with Gasteiger partial charge in [0.15, 0.2) is 5.11 Å². The molecule has 0 bridgehead atoms. The summed E-state index contributed by atoms with van der Waals surface area (Å²) in [6, 6.07) is 0.506. The van der Waals surface area contributed by atoms with Crippen molar-refractivity contribution >= 4 is 29.1 Å². The zero-order valence-electron chi connectivity index (χ0n) is 8.02. The molecule has 0 saturated carbocycles. The summed E-state index contributed by atoms with van der Waals surface area (Å²) in [4.78, 5) is 0. The van der Waals surface area contributed by atoms with Gasteiger partial charge < -0.3 is 10.6 Å². The highest BCUT2D eigenvalue weighted by atomic mass is 32.2. The van der Waals surface area contributed by atoms with Crippen molar-refractivity contribution in [1.82, 2.24) is 10.6 Å². The van der Waals surface area contributed by atoms with Gasteiger partial charge in [-0.05, 0) is 31.8 Å². The maximum absolute atomic E-state index is 5.08. The lowest BCUT2D eigenvalue weighted by Crippen LogP contribution is -2.42. The normalized spacial score (nSPS) is 12.2. The molecule has 0 aromatic carbocycles. The van der Waals surface area contributed by atoms with Crippen molar-refractivity contribution in [1.29, 1.82) is 0 Å². The number of hydrogen-bond acceptors (Lipinski definition) is 2. The van der Waals surface area contributed by atoms with E-state index in [1.807, 2.05) is 18.7 Å². The van der Waals surface area contributed by atoms with Crippen LogP contribution in [-0.2, 0) is 0 Å². The van der Waals surface area contributed by atoms with Crippen molar-refractivity contribution in [2.75, 3.05) is 18.6 Å². The Morgan fingerprint density at radius 1 is 1.50 bits per heavy atom. The predicted molar refractivity (Wildman–Crippen MR) is 61.9 cm³/mol. The summed E-state index contributed by atoms with van der Waals surface area (Å²) in [5.74, 6) is 1.11. The minimum atomic E-state index is 0.506. The molecule has 0 heterocycles. The third-order valence-corrected chi connectivity index (χ3v) is 2.53. The molecule has 0 spiro atoms. The first-order chi connectivity index (χ1) is 5.74. The largest absolute Gasteiger partial charge is 0.363 e. The number of thioether (sulfide) groups is 1. The Balaban J connectivity index is 3.61. The fraction of sp³-hybridized carbons (Fsp3) is 0.875. The van der Waals surface area contributed by atoms with Gasteiger partial charge in [0.25, 0.3) is 0 Å². The fourth-order valence-electron chi connectivity index (χ4n) is 0.860. The molecule has 1 atom stereocenters. The summed E-state index contributed by atoms with van der Waals surface area (Å²) < 4.78 is 0. The monoisotopic (exact) mass is 206 g/mol. The van der Waals surface area contributed by atoms with Crippen LogP contribution in [0.4, 0.5) is 0 Å². The van der Waals surface area contributed by atoms with E-state index in [0.717, 1.165) is 23.8 Å². The van der Waals surface area contributed by atoms with Crippen LogP contribution >= 0.6 is 24.0 Å². The average Bonchev–Trinajstić information content (AvgIpc) is 2.04. The van der Waals surface area contributed by atoms with Crippen LogP contribution in [0.5, 0.6) is 0 Å². The number of hydrogen-bond donors (Lipinski definition) is 2. The molecule has 2 nitrogen and oxygen atoms in total. The third kappa shape index (κ3) is 5.66. The first-order valence-electron chi connectivity index (χ1n) is 4.27. The van der Waals surface area contributed by atoms with E-state index in [4.69, 9.17) is 12.2 Å². The summed E-state index contributed by atoms with van der Waals surface area (Å²) >= 11 is 6.92. The van der Waals surface area contributed by atoms with Crippen molar-refractivity contribution in [3.05, 3.63) is 0 Å². The maximum Gasteiger partial charge on any atom is 0.166 e. The molecule has 0 saturated heterocycles. The Kier molecular flexibility index (Phi) is 7.70. The molecule has 4 heteroatoms. The molecule has 0 aliphatic rings. The summed E-state index contributed by atoms with van der Waals surface area (Å²) in [5, 5.41) is 7.12. The smallest absolute Gasteiger partial charge is 0.166 e. The Morgan fingerprint density at radius 3 is 2.58 bits per heavy atom. The second-order valence-corrected chi connectivity index (χ2v) is 3.88. The fourth-order valence-corrected chi connectivity index (χ4v) is 1.89. The average molecular weight is 206 g/mol. The number of rotatable bonds is 5. The summed E-state index contributed by atoms with van der Waals surface area (Å²) in [5.41, 5.74) is 0. The molecule has 0 aliphatic carbocycles. The van der Waals surface area contributed by atoms with Crippen molar-refractivity contribution < 1.29 is 0 Å². The molecule has 0 fully saturated rings. The van der Waals surface area contributed by atoms with Crippen LogP contribution in [0, 0.1) is 0 Å². The SMILES string of the molecule is CCNC(=S)NC(CC)CSC. The van der Waals surface area contributed by atoms with E-state index in [0.29, 0.717) is 6.04 Å². The quantitative estimate of drug-likeness (QED) is 0.668. The predicted octanol–water partition coefficient (Wildman–Crippen LogP) is 1.61. The highest BCUT2D eigenvalue weighted by Crippen LogP contribution is 2.00. The molecule has 0 aromatic heterocycles.